The number of nitrogens with one attached hydrogen (secondary N) is 1. The molecule has 0 bridgehead atoms. The number of carbonyl (C=O) groups excluding carboxylic acids is 2. The maximum Gasteiger partial charge on any atom is 0.267 e. The van der Waals surface area contributed by atoms with Crippen molar-refractivity contribution in [2.45, 2.75) is 6.92 Å². The number of aromatic hydroxyl groups is 1. The van der Waals surface area contributed by atoms with Crippen LogP contribution < -0.4 is 10.9 Å². The third-order valence-electron chi connectivity index (χ3n) is 3.06. The van der Waals surface area contributed by atoms with Crippen molar-refractivity contribution in [3.63, 3.8) is 0 Å². The number of amides is 1. The molecule has 1 amide bonds. The number of fused-ring (bicyclic) bond motifs is 1. The summed E-state index contributed by atoms with van der Waals surface area (Å²) < 4.78 is 1.23. The third-order valence-corrected chi connectivity index (χ3v) is 3.29. The van der Waals surface area contributed by atoms with Crippen LogP contribution in [0.4, 0.5) is 0 Å². The van der Waals surface area contributed by atoms with Crippen molar-refractivity contribution < 1.29 is 14.7 Å². The Labute approximate surface area is 124 Å². The normalized spacial score (nSPS) is 10.6. The zero-order valence-electron chi connectivity index (χ0n) is 11.4. The molecule has 0 spiro atoms. The van der Waals surface area contributed by atoms with Crippen LogP contribution in [-0.2, 0) is 11.8 Å². The first-order valence-electron chi connectivity index (χ1n) is 6.11. The fourth-order valence-corrected chi connectivity index (χ4v) is 2.16. The van der Waals surface area contributed by atoms with E-state index in [1.54, 1.807) is 6.07 Å². The molecule has 2 N–H and O–H groups in total. The van der Waals surface area contributed by atoms with E-state index in [1.165, 1.54) is 30.7 Å². The van der Waals surface area contributed by atoms with Crippen molar-refractivity contribution in [3.8, 4) is 5.75 Å². The summed E-state index contributed by atoms with van der Waals surface area (Å²) >= 11 is 5.87. The van der Waals surface area contributed by atoms with E-state index in [1.807, 2.05) is 0 Å². The minimum atomic E-state index is -0.792. The predicted octanol–water partition coefficient (Wildman–Crippen LogP) is 1.22. The zero-order valence-corrected chi connectivity index (χ0v) is 12.2. The van der Waals surface area contributed by atoms with Crippen molar-refractivity contribution in [2.24, 2.45) is 7.05 Å². The molecule has 1 aromatic carbocycles. The van der Waals surface area contributed by atoms with Crippen molar-refractivity contribution in [2.75, 3.05) is 6.54 Å². The van der Waals surface area contributed by atoms with Crippen molar-refractivity contribution in [1.82, 2.24) is 9.88 Å². The number of halogens is 1. The lowest BCUT2D eigenvalue weighted by Gasteiger charge is -2.11. The van der Waals surface area contributed by atoms with E-state index in [0.717, 1.165) is 0 Å². The average Bonchev–Trinajstić information content (AvgIpc) is 2.42. The van der Waals surface area contributed by atoms with Crippen LogP contribution in [0.1, 0.15) is 17.3 Å². The van der Waals surface area contributed by atoms with Crippen LogP contribution in [0.3, 0.4) is 0 Å². The fourth-order valence-electron chi connectivity index (χ4n) is 1.99. The summed E-state index contributed by atoms with van der Waals surface area (Å²) in [6.07, 6.45) is 0. The Kier molecular flexibility index (Phi) is 3.99. The van der Waals surface area contributed by atoms with Crippen molar-refractivity contribution in [3.05, 3.63) is 39.1 Å². The van der Waals surface area contributed by atoms with Crippen LogP contribution in [0.25, 0.3) is 10.9 Å². The van der Waals surface area contributed by atoms with E-state index in [-0.39, 0.29) is 12.3 Å². The Bertz CT molecular complexity index is 811. The van der Waals surface area contributed by atoms with E-state index in [4.69, 9.17) is 11.6 Å². The summed E-state index contributed by atoms with van der Waals surface area (Å²) in [7, 11) is 1.47. The first-order valence-corrected chi connectivity index (χ1v) is 6.49. The highest BCUT2D eigenvalue weighted by Crippen LogP contribution is 2.28. The Morgan fingerprint density at radius 3 is 2.67 bits per heavy atom. The number of aryl methyl sites for hydroxylation is 1. The molecule has 0 saturated carbocycles. The lowest BCUT2D eigenvalue weighted by atomic mass is 10.1. The molecule has 7 heteroatoms. The molecule has 1 heterocycles. The van der Waals surface area contributed by atoms with Gasteiger partial charge in [0, 0.05) is 17.5 Å². The van der Waals surface area contributed by atoms with Gasteiger partial charge in [0.25, 0.3) is 11.5 Å². The minimum absolute atomic E-state index is 0.208. The molecule has 2 aromatic rings. The van der Waals surface area contributed by atoms with Crippen LogP contribution >= 0.6 is 11.6 Å². The number of nitrogens with zero attached hydrogens (tertiary/aromatic N) is 1. The smallest absolute Gasteiger partial charge is 0.267 e. The van der Waals surface area contributed by atoms with E-state index in [0.29, 0.717) is 15.9 Å². The van der Waals surface area contributed by atoms with Gasteiger partial charge in [-0.2, -0.15) is 0 Å². The lowest BCUT2D eigenvalue weighted by molar-refractivity contribution is -0.116. The fraction of sp³-hybridized carbons (Fsp3) is 0.214. The Morgan fingerprint density at radius 2 is 2.05 bits per heavy atom. The molecule has 0 unspecified atom stereocenters. The van der Waals surface area contributed by atoms with E-state index >= 15 is 0 Å². The highest BCUT2D eigenvalue weighted by Gasteiger charge is 2.21. The lowest BCUT2D eigenvalue weighted by Crippen LogP contribution is -2.34. The monoisotopic (exact) mass is 308 g/mol. The number of hydrogen-bond donors (Lipinski definition) is 2. The van der Waals surface area contributed by atoms with E-state index < -0.39 is 22.8 Å². The van der Waals surface area contributed by atoms with Crippen LogP contribution in [-0.4, -0.2) is 27.9 Å². The average molecular weight is 309 g/mol. The molecule has 0 radical (unpaired) electrons. The van der Waals surface area contributed by atoms with Gasteiger partial charge in [-0.05, 0) is 25.1 Å². The molecule has 0 aliphatic rings. The molecule has 21 heavy (non-hydrogen) atoms. The summed E-state index contributed by atoms with van der Waals surface area (Å²) in [5.74, 6) is -1.47. The number of Topliss-reactive ketones (excluding diaryl/α,β-unsaturated/α-hetero) is 1. The number of ketones is 1. The summed E-state index contributed by atoms with van der Waals surface area (Å²) in [4.78, 5) is 35.1. The predicted molar refractivity (Wildman–Crippen MR) is 78.9 cm³/mol. The standard InChI is InChI=1S/C14H13ClN2O4/c1-7(18)6-16-13(20)11-12(19)9-4-3-8(15)5-10(9)17(2)14(11)21/h3-5,19H,6H2,1-2H3,(H,16,20). The van der Waals surface area contributed by atoms with Gasteiger partial charge >= 0.3 is 0 Å². The van der Waals surface area contributed by atoms with Crippen LogP contribution in [0, 0.1) is 0 Å². The first-order chi connectivity index (χ1) is 9.82. The first kappa shape index (κ1) is 15.1. The van der Waals surface area contributed by atoms with Gasteiger partial charge in [0.05, 0.1) is 12.1 Å². The zero-order chi connectivity index (χ0) is 15.7. The molecular weight excluding hydrogens is 296 g/mol. The molecule has 2 rings (SSSR count). The summed E-state index contributed by atoms with van der Waals surface area (Å²) in [6.45, 7) is 1.10. The van der Waals surface area contributed by atoms with E-state index in [9.17, 15) is 19.5 Å². The molecule has 0 atom stereocenters. The number of carbonyl (C=O) groups is 2. The molecule has 0 aliphatic carbocycles. The quantitative estimate of drug-likeness (QED) is 0.892. The molecule has 6 nitrogen and oxygen atoms in total. The number of aromatic nitrogens is 1. The van der Waals surface area contributed by atoms with Crippen molar-refractivity contribution in [1.29, 1.82) is 0 Å². The molecule has 1 aromatic heterocycles. The molecule has 110 valence electrons. The van der Waals surface area contributed by atoms with Gasteiger partial charge in [-0.25, -0.2) is 0 Å². The van der Waals surface area contributed by atoms with Gasteiger partial charge in [0.2, 0.25) is 0 Å². The van der Waals surface area contributed by atoms with Crippen LogP contribution in [0.15, 0.2) is 23.0 Å². The molecule has 0 aliphatic heterocycles. The summed E-state index contributed by atoms with van der Waals surface area (Å²) in [5.41, 5.74) is -0.648. The second-order valence-electron chi connectivity index (χ2n) is 4.63. The van der Waals surface area contributed by atoms with Crippen LogP contribution in [0.5, 0.6) is 5.75 Å². The number of rotatable bonds is 3. The largest absolute Gasteiger partial charge is 0.506 e. The SMILES string of the molecule is CC(=O)CNC(=O)c1c(O)c2ccc(Cl)cc2n(C)c1=O. The highest BCUT2D eigenvalue weighted by atomic mass is 35.5. The maximum atomic E-state index is 12.2. The van der Waals surface area contributed by atoms with Crippen molar-refractivity contribution >= 4 is 34.2 Å². The Hall–Kier alpha value is -2.34. The number of pyridine rings is 1. The maximum absolute atomic E-state index is 12.2. The minimum Gasteiger partial charge on any atom is -0.506 e. The van der Waals surface area contributed by atoms with Gasteiger partial charge in [-0.3, -0.25) is 14.4 Å². The molecule has 0 fully saturated rings. The molecule has 0 saturated heterocycles. The summed E-state index contributed by atoms with van der Waals surface area (Å²) in [5, 5.41) is 13.2. The number of hydrogen-bond acceptors (Lipinski definition) is 4. The number of benzene rings is 1. The summed E-state index contributed by atoms with van der Waals surface area (Å²) in [6, 6.07) is 4.59. The second-order valence-corrected chi connectivity index (χ2v) is 5.07. The Morgan fingerprint density at radius 1 is 1.38 bits per heavy atom. The second kappa shape index (κ2) is 5.57. The highest BCUT2D eigenvalue weighted by molar-refractivity contribution is 6.31. The van der Waals surface area contributed by atoms with Gasteiger partial charge in [0.1, 0.15) is 17.1 Å². The van der Waals surface area contributed by atoms with Gasteiger partial charge in [-0.15, -0.1) is 0 Å². The third kappa shape index (κ3) is 2.75. The van der Waals surface area contributed by atoms with Gasteiger partial charge < -0.3 is 15.0 Å². The van der Waals surface area contributed by atoms with E-state index in [2.05, 4.69) is 5.32 Å². The Balaban J connectivity index is 2.65. The topological polar surface area (TPSA) is 88.4 Å². The van der Waals surface area contributed by atoms with Crippen LogP contribution in [0.2, 0.25) is 5.02 Å². The molecular formula is C14H13ClN2O4. The van der Waals surface area contributed by atoms with Gasteiger partial charge in [-0.1, -0.05) is 11.6 Å². The van der Waals surface area contributed by atoms with Gasteiger partial charge in [0.15, 0.2) is 0 Å².